The Morgan fingerprint density at radius 3 is 1.33 bits per heavy atom. The number of aromatic nitrogens is 4. The zero-order valence-corrected chi connectivity index (χ0v) is 31.1. The highest BCUT2D eigenvalue weighted by Gasteiger charge is 2.59. The number of fused-ring (bicyclic) bond motifs is 6. The van der Waals surface area contributed by atoms with Gasteiger partial charge >= 0.3 is 0 Å². The molecule has 2 saturated carbocycles. The van der Waals surface area contributed by atoms with Gasteiger partial charge < -0.3 is 19.3 Å². The molecule has 0 bridgehead atoms. The van der Waals surface area contributed by atoms with Crippen LogP contribution in [0.1, 0.15) is 61.7 Å². The lowest BCUT2D eigenvalue weighted by molar-refractivity contribution is -0.152. The molecule has 10 rings (SSSR count). The van der Waals surface area contributed by atoms with Crippen LogP contribution >= 0.6 is 0 Å². The maximum atomic E-state index is 11.8. The van der Waals surface area contributed by atoms with Crippen molar-refractivity contribution in [3.8, 4) is 22.5 Å². The van der Waals surface area contributed by atoms with Crippen molar-refractivity contribution in [1.29, 1.82) is 0 Å². The van der Waals surface area contributed by atoms with Gasteiger partial charge in [-0.3, -0.25) is 0 Å². The monoisotopic (exact) mass is 746 g/mol. The van der Waals surface area contributed by atoms with Crippen LogP contribution in [-0.4, -0.2) is 106 Å². The fraction of sp³-hybridized carbons (Fsp3) is 0.526. The van der Waals surface area contributed by atoms with Gasteiger partial charge in [0.25, 0.3) is 0 Å². The summed E-state index contributed by atoms with van der Waals surface area (Å²) in [7, 11) is -6.28. The molecule has 0 radical (unpaired) electrons. The van der Waals surface area contributed by atoms with E-state index < -0.39 is 32.3 Å². The summed E-state index contributed by atoms with van der Waals surface area (Å²) in [4.78, 5) is 8.62. The molecule has 4 aliphatic heterocycles. The first kappa shape index (κ1) is 34.4. The van der Waals surface area contributed by atoms with E-state index in [1.165, 1.54) is 43.4 Å². The number of benzene rings is 2. The number of aliphatic hydroxyl groups is 2. The second-order valence-electron chi connectivity index (χ2n) is 16.1. The Kier molecular flexibility index (Phi) is 7.97. The van der Waals surface area contributed by atoms with Crippen molar-refractivity contribution in [2.24, 2.45) is 22.7 Å². The molecule has 2 N–H and O–H groups in total. The largest absolute Gasteiger partial charge is 0.392 e. The molecule has 4 fully saturated rings. The van der Waals surface area contributed by atoms with E-state index in [2.05, 4.69) is 55.5 Å². The molecule has 52 heavy (non-hydrogen) atoms. The highest BCUT2D eigenvalue weighted by atomic mass is 32.2. The van der Waals surface area contributed by atoms with Crippen molar-refractivity contribution < 1.29 is 27.0 Å². The summed E-state index contributed by atoms with van der Waals surface area (Å²) in [5.41, 5.74) is 6.89. The van der Waals surface area contributed by atoms with E-state index in [0.717, 1.165) is 49.9 Å². The molecule has 4 aromatic rings. The van der Waals surface area contributed by atoms with Crippen molar-refractivity contribution in [2.75, 3.05) is 38.7 Å². The predicted molar refractivity (Wildman–Crippen MR) is 196 cm³/mol. The summed E-state index contributed by atoms with van der Waals surface area (Å²) >= 11 is 0. The number of hydrogen-bond acceptors (Lipinski definition) is 8. The van der Waals surface area contributed by atoms with E-state index in [0.29, 0.717) is 26.2 Å². The van der Waals surface area contributed by atoms with Gasteiger partial charge in [-0.2, -0.15) is 0 Å². The number of imidazole rings is 2. The van der Waals surface area contributed by atoms with Gasteiger partial charge in [-0.1, -0.05) is 48.5 Å². The van der Waals surface area contributed by atoms with E-state index in [-0.39, 0.29) is 34.7 Å². The Hall–Kier alpha value is -3.40. The highest BCUT2D eigenvalue weighted by Crippen LogP contribution is 2.61. The molecule has 6 atom stereocenters. The quantitative estimate of drug-likeness (QED) is 0.321. The average molecular weight is 747 g/mol. The smallest absolute Gasteiger partial charge is 0.211 e. The molecule has 0 amide bonds. The number of piperidine rings is 2. The Labute approximate surface area is 305 Å². The Morgan fingerprint density at radius 2 is 0.981 bits per heavy atom. The summed E-state index contributed by atoms with van der Waals surface area (Å²) < 4.78 is 54.5. The van der Waals surface area contributed by atoms with Crippen LogP contribution in [0, 0.1) is 22.7 Å². The van der Waals surface area contributed by atoms with E-state index in [4.69, 9.17) is 0 Å². The molecule has 2 saturated heterocycles. The minimum Gasteiger partial charge on any atom is -0.392 e. The third-order valence-electron chi connectivity index (χ3n) is 13.6. The van der Waals surface area contributed by atoms with Crippen LogP contribution < -0.4 is 0 Å². The third kappa shape index (κ3) is 5.19. The van der Waals surface area contributed by atoms with E-state index in [9.17, 15) is 27.0 Å². The number of aliphatic hydroxyl groups excluding tert-OH is 2. The van der Waals surface area contributed by atoms with Crippen molar-refractivity contribution in [3.05, 3.63) is 84.7 Å². The van der Waals surface area contributed by atoms with Gasteiger partial charge in [0.15, 0.2) is 0 Å². The summed E-state index contributed by atoms with van der Waals surface area (Å²) in [6, 6.07) is 17.0. The fourth-order valence-electron chi connectivity index (χ4n) is 10.7. The molecule has 2 spiro atoms. The molecule has 2 aromatic heterocycles. The molecule has 0 unspecified atom stereocenters. The standard InChI is InChI=1S/2C19H23N3O3S/c2*1-26(24,25)21-8-6-19(7-9-21)10-15(18(19)23)17-14-5-3-2-4-13(14)16-11-20-12-22(16)17/h2*2-5,11-12,15,17-18,23H,6-10H2,1H3/t2*15-,17+,18-/m10/s1. The minimum absolute atomic E-state index is 0.122. The Morgan fingerprint density at radius 1 is 0.615 bits per heavy atom. The van der Waals surface area contributed by atoms with Crippen molar-refractivity contribution in [2.45, 2.75) is 62.8 Å². The van der Waals surface area contributed by atoms with Crippen LogP contribution in [0.3, 0.4) is 0 Å². The van der Waals surface area contributed by atoms with Crippen molar-refractivity contribution >= 4 is 20.0 Å². The predicted octanol–water partition coefficient (Wildman–Crippen LogP) is 3.75. The van der Waals surface area contributed by atoms with Gasteiger partial charge in [0.2, 0.25) is 20.0 Å². The SMILES string of the molecule is CS(=O)(=O)N1CCC2(CC1)C[C@@H]([C@H]1c3ccccc3-c3cncn31)[C@@H]2O.CS(=O)(=O)N1CCC2(CC1)C[C@H]([C@@H]1c3ccccc3-c3cncn31)[C@H]2O. The Balaban J connectivity index is 0.000000138. The van der Waals surface area contributed by atoms with Crippen LogP contribution in [-0.2, 0) is 20.0 Å². The van der Waals surface area contributed by atoms with Gasteiger partial charge in [0, 0.05) is 49.1 Å². The zero-order chi connectivity index (χ0) is 36.2. The molecule has 276 valence electrons. The molecule has 2 aromatic carbocycles. The molecular formula is C38H46N6O6S2. The van der Waals surface area contributed by atoms with Crippen LogP contribution in [0.4, 0.5) is 0 Å². The highest BCUT2D eigenvalue weighted by molar-refractivity contribution is 7.88. The third-order valence-corrected chi connectivity index (χ3v) is 16.2. The minimum atomic E-state index is -3.14. The second-order valence-corrected chi connectivity index (χ2v) is 20.1. The first-order valence-electron chi connectivity index (χ1n) is 18.3. The number of rotatable bonds is 4. The molecular weight excluding hydrogens is 701 g/mol. The van der Waals surface area contributed by atoms with Gasteiger partial charge in [0.05, 0.1) is 73.2 Å². The lowest BCUT2D eigenvalue weighted by Gasteiger charge is -2.57. The van der Waals surface area contributed by atoms with Crippen LogP contribution in [0.5, 0.6) is 0 Å². The van der Waals surface area contributed by atoms with Crippen LogP contribution in [0.2, 0.25) is 0 Å². The average Bonchev–Trinajstić information content (AvgIpc) is 3.92. The van der Waals surface area contributed by atoms with Gasteiger partial charge in [0.1, 0.15) is 0 Å². The summed E-state index contributed by atoms with van der Waals surface area (Å²) in [6.07, 6.45) is 14.1. The Bertz CT molecular complexity index is 2080. The van der Waals surface area contributed by atoms with Crippen molar-refractivity contribution in [1.82, 2.24) is 27.7 Å². The van der Waals surface area contributed by atoms with E-state index in [1.807, 2.05) is 37.2 Å². The first-order chi connectivity index (χ1) is 24.8. The van der Waals surface area contributed by atoms with Gasteiger partial charge in [-0.25, -0.2) is 35.4 Å². The molecule has 6 aliphatic rings. The van der Waals surface area contributed by atoms with Crippen LogP contribution in [0.15, 0.2) is 73.6 Å². The lowest BCUT2D eigenvalue weighted by Crippen LogP contribution is -2.59. The number of sulfonamides is 2. The molecule has 6 heterocycles. The van der Waals surface area contributed by atoms with Crippen molar-refractivity contribution in [3.63, 3.8) is 0 Å². The van der Waals surface area contributed by atoms with E-state index in [1.54, 1.807) is 0 Å². The maximum absolute atomic E-state index is 11.8. The lowest BCUT2D eigenvalue weighted by atomic mass is 9.53. The topological polar surface area (TPSA) is 151 Å². The summed E-state index contributed by atoms with van der Waals surface area (Å²) in [6.45, 7) is 2.06. The zero-order valence-electron chi connectivity index (χ0n) is 29.5. The maximum Gasteiger partial charge on any atom is 0.211 e. The van der Waals surface area contributed by atoms with Gasteiger partial charge in [-0.15, -0.1) is 0 Å². The summed E-state index contributed by atoms with van der Waals surface area (Å²) in [5, 5.41) is 22.2. The fourth-order valence-corrected chi connectivity index (χ4v) is 12.4. The van der Waals surface area contributed by atoms with Gasteiger partial charge in [-0.05, 0) is 60.5 Å². The summed E-state index contributed by atoms with van der Waals surface area (Å²) in [5.74, 6) is 0.299. The molecule has 12 nitrogen and oxygen atoms in total. The van der Waals surface area contributed by atoms with E-state index >= 15 is 0 Å². The molecule has 14 heteroatoms. The first-order valence-corrected chi connectivity index (χ1v) is 22.0. The van der Waals surface area contributed by atoms with Crippen LogP contribution in [0.25, 0.3) is 22.5 Å². The normalized spacial score (nSPS) is 30.0. The second kappa shape index (κ2) is 12.1. The number of hydrogen-bond donors (Lipinski definition) is 2. The number of nitrogens with zero attached hydrogens (tertiary/aromatic N) is 6. The molecule has 2 aliphatic carbocycles.